The quantitative estimate of drug-likeness (QED) is 0.659. The zero-order chi connectivity index (χ0) is 8.97. The molecule has 0 aromatic heterocycles. The molecule has 0 spiro atoms. The summed E-state index contributed by atoms with van der Waals surface area (Å²) in [5, 5.41) is 5.84. The molecule has 4 heteroatoms. The van der Waals surface area contributed by atoms with E-state index in [0.29, 0.717) is 18.5 Å². The van der Waals surface area contributed by atoms with Gasteiger partial charge < -0.3 is 10.6 Å². The van der Waals surface area contributed by atoms with Gasteiger partial charge in [0, 0.05) is 11.8 Å². The van der Waals surface area contributed by atoms with E-state index in [1.54, 1.807) is 7.05 Å². The van der Waals surface area contributed by atoms with Crippen LogP contribution in [0.1, 0.15) is 6.92 Å². The summed E-state index contributed by atoms with van der Waals surface area (Å²) in [5.41, 5.74) is 0. The molecule has 70 valence electrons. The fraction of sp³-hybridized carbons (Fsp3) is 0.875. The molecule has 0 aromatic carbocycles. The number of hydrogen-bond acceptors (Lipinski definition) is 3. The van der Waals surface area contributed by atoms with Gasteiger partial charge in [-0.15, -0.1) is 0 Å². The largest absolute Gasteiger partial charge is 0.351 e. The third-order valence-corrected chi connectivity index (χ3v) is 3.41. The van der Waals surface area contributed by atoms with E-state index < -0.39 is 0 Å². The van der Waals surface area contributed by atoms with E-state index in [0.717, 1.165) is 5.75 Å². The van der Waals surface area contributed by atoms with Crippen LogP contribution in [0.15, 0.2) is 0 Å². The topological polar surface area (TPSA) is 41.1 Å². The normalized spacial score (nSPS) is 28.8. The highest BCUT2D eigenvalue weighted by Crippen LogP contribution is 2.23. The molecule has 0 aliphatic carbocycles. The van der Waals surface area contributed by atoms with E-state index in [1.165, 1.54) is 5.75 Å². The van der Waals surface area contributed by atoms with Gasteiger partial charge in [0.1, 0.15) is 0 Å². The number of nitrogens with one attached hydrogen (secondary N) is 2. The number of rotatable bonds is 3. The van der Waals surface area contributed by atoms with Crippen molar-refractivity contribution >= 4 is 17.7 Å². The molecule has 0 bridgehead atoms. The molecule has 1 aliphatic rings. The number of likely N-dealkylation sites (N-methyl/N-ethyl adjacent to an activating group) is 1. The maximum atomic E-state index is 11.2. The molecule has 1 saturated heterocycles. The van der Waals surface area contributed by atoms with Crippen LogP contribution in [0.4, 0.5) is 0 Å². The van der Waals surface area contributed by atoms with Crippen LogP contribution in [0.25, 0.3) is 0 Å². The molecule has 2 N–H and O–H groups in total. The van der Waals surface area contributed by atoms with Gasteiger partial charge >= 0.3 is 0 Å². The van der Waals surface area contributed by atoms with Crippen LogP contribution in [-0.2, 0) is 4.79 Å². The van der Waals surface area contributed by atoms with Crippen LogP contribution in [0, 0.1) is 5.92 Å². The Labute approximate surface area is 77.7 Å². The predicted octanol–water partition coefficient (Wildman–Crippen LogP) is 0.0735. The molecule has 12 heavy (non-hydrogen) atoms. The lowest BCUT2D eigenvalue weighted by Crippen LogP contribution is -2.42. The van der Waals surface area contributed by atoms with Crippen LogP contribution < -0.4 is 10.6 Å². The van der Waals surface area contributed by atoms with Gasteiger partial charge in [-0.3, -0.25) is 4.79 Å². The van der Waals surface area contributed by atoms with Crippen molar-refractivity contribution in [2.75, 3.05) is 25.1 Å². The number of thioether (sulfide) groups is 1. The summed E-state index contributed by atoms with van der Waals surface area (Å²) in [6.07, 6.45) is 0. The first-order valence-corrected chi connectivity index (χ1v) is 5.41. The van der Waals surface area contributed by atoms with E-state index >= 15 is 0 Å². The minimum atomic E-state index is 0.108. The van der Waals surface area contributed by atoms with Crippen molar-refractivity contribution in [3.8, 4) is 0 Å². The van der Waals surface area contributed by atoms with Gasteiger partial charge in [-0.2, -0.15) is 11.8 Å². The molecule has 1 rings (SSSR count). The van der Waals surface area contributed by atoms with Crippen molar-refractivity contribution in [2.45, 2.75) is 13.0 Å². The summed E-state index contributed by atoms with van der Waals surface area (Å²) < 4.78 is 0. The first-order chi connectivity index (χ1) is 5.74. The first kappa shape index (κ1) is 9.86. The van der Waals surface area contributed by atoms with Gasteiger partial charge in [0.25, 0.3) is 0 Å². The minimum Gasteiger partial charge on any atom is -0.351 e. The number of hydrogen-bond donors (Lipinski definition) is 2. The van der Waals surface area contributed by atoms with E-state index in [2.05, 4.69) is 17.6 Å². The van der Waals surface area contributed by atoms with Gasteiger partial charge in [0.15, 0.2) is 0 Å². The van der Waals surface area contributed by atoms with Crippen molar-refractivity contribution < 1.29 is 4.79 Å². The standard InChI is InChI=1S/C8H16N2OS/c1-6-4-12-5-7(6)10-8(11)3-9-2/h6-7,9H,3-5H2,1-2H3,(H,10,11). The molecular weight excluding hydrogens is 172 g/mol. The van der Waals surface area contributed by atoms with Crippen molar-refractivity contribution in [3.63, 3.8) is 0 Å². The van der Waals surface area contributed by atoms with Crippen LogP contribution in [0.5, 0.6) is 0 Å². The van der Waals surface area contributed by atoms with E-state index in [-0.39, 0.29) is 5.91 Å². The SMILES string of the molecule is CNCC(=O)NC1CSCC1C. The van der Waals surface area contributed by atoms with Crippen molar-refractivity contribution in [1.82, 2.24) is 10.6 Å². The lowest BCUT2D eigenvalue weighted by atomic mass is 10.1. The Bertz CT molecular complexity index is 163. The van der Waals surface area contributed by atoms with Gasteiger partial charge in [-0.1, -0.05) is 6.92 Å². The zero-order valence-corrected chi connectivity index (χ0v) is 8.41. The Morgan fingerprint density at radius 1 is 1.58 bits per heavy atom. The monoisotopic (exact) mass is 188 g/mol. The molecule has 1 aliphatic heterocycles. The Morgan fingerprint density at radius 2 is 2.33 bits per heavy atom. The lowest BCUT2D eigenvalue weighted by Gasteiger charge is -2.15. The Morgan fingerprint density at radius 3 is 2.83 bits per heavy atom. The van der Waals surface area contributed by atoms with E-state index in [1.807, 2.05) is 11.8 Å². The summed E-state index contributed by atoms with van der Waals surface area (Å²) in [6, 6.07) is 0.385. The van der Waals surface area contributed by atoms with Gasteiger partial charge in [-0.05, 0) is 18.7 Å². The van der Waals surface area contributed by atoms with Crippen LogP contribution >= 0.6 is 11.8 Å². The maximum Gasteiger partial charge on any atom is 0.234 e. The molecule has 2 unspecified atom stereocenters. The maximum absolute atomic E-state index is 11.2. The van der Waals surface area contributed by atoms with Gasteiger partial charge in [0.2, 0.25) is 5.91 Å². The second-order valence-corrected chi connectivity index (χ2v) is 4.29. The van der Waals surface area contributed by atoms with Gasteiger partial charge in [-0.25, -0.2) is 0 Å². The highest BCUT2D eigenvalue weighted by atomic mass is 32.2. The fourth-order valence-corrected chi connectivity index (χ4v) is 2.67. The molecule has 1 fully saturated rings. The lowest BCUT2D eigenvalue weighted by molar-refractivity contribution is -0.120. The predicted molar refractivity (Wildman–Crippen MR) is 52.3 cm³/mol. The molecule has 0 aromatic rings. The summed E-state index contributed by atoms with van der Waals surface area (Å²) in [7, 11) is 1.78. The Kier molecular flexibility index (Phi) is 3.88. The van der Waals surface area contributed by atoms with E-state index in [9.17, 15) is 4.79 Å². The van der Waals surface area contributed by atoms with Crippen LogP contribution in [0.3, 0.4) is 0 Å². The fourth-order valence-electron chi connectivity index (χ4n) is 1.26. The summed E-state index contributed by atoms with van der Waals surface area (Å²) in [6.45, 7) is 2.61. The average Bonchev–Trinajstić information content (AvgIpc) is 2.37. The zero-order valence-electron chi connectivity index (χ0n) is 7.59. The van der Waals surface area contributed by atoms with E-state index in [4.69, 9.17) is 0 Å². The Hall–Kier alpha value is -0.220. The van der Waals surface area contributed by atoms with Crippen molar-refractivity contribution in [3.05, 3.63) is 0 Å². The second kappa shape index (κ2) is 4.72. The smallest absolute Gasteiger partial charge is 0.234 e. The summed E-state index contributed by atoms with van der Waals surface area (Å²) in [4.78, 5) is 11.2. The summed E-state index contributed by atoms with van der Waals surface area (Å²) >= 11 is 1.92. The third kappa shape index (κ3) is 2.68. The molecule has 0 radical (unpaired) electrons. The highest BCUT2D eigenvalue weighted by Gasteiger charge is 2.24. The molecule has 0 saturated carbocycles. The van der Waals surface area contributed by atoms with Crippen LogP contribution in [-0.4, -0.2) is 37.0 Å². The molecule has 1 amide bonds. The van der Waals surface area contributed by atoms with Crippen LogP contribution in [0.2, 0.25) is 0 Å². The number of carbonyl (C=O) groups excluding carboxylic acids is 1. The Balaban J connectivity index is 2.25. The summed E-state index contributed by atoms with van der Waals surface area (Å²) in [5.74, 6) is 2.97. The minimum absolute atomic E-state index is 0.108. The first-order valence-electron chi connectivity index (χ1n) is 4.25. The second-order valence-electron chi connectivity index (χ2n) is 3.22. The third-order valence-electron chi connectivity index (χ3n) is 2.05. The molecular formula is C8H16N2OS. The number of amides is 1. The average molecular weight is 188 g/mol. The molecule has 2 atom stereocenters. The van der Waals surface area contributed by atoms with Crippen molar-refractivity contribution in [2.24, 2.45) is 5.92 Å². The number of carbonyl (C=O) groups is 1. The molecule has 1 heterocycles. The van der Waals surface area contributed by atoms with Gasteiger partial charge in [0.05, 0.1) is 6.54 Å². The van der Waals surface area contributed by atoms with Crippen molar-refractivity contribution in [1.29, 1.82) is 0 Å². The molecule has 3 nitrogen and oxygen atoms in total. The highest BCUT2D eigenvalue weighted by molar-refractivity contribution is 7.99.